The molecule has 7 heteroatoms. The van der Waals surface area contributed by atoms with E-state index in [9.17, 15) is 0 Å². The van der Waals surface area contributed by atoms with Gasteiger partial charge in [-0.2, -0.15) is 0 Å². The lowest BCUT2D eigenvalue weighted by atomic mass is 9.96. The molecular weight excluding hydrogens is 498 g/mol. The van der Waals surface area contributed by atoms with Gasteiger partial charge < -0.3 is 14.0 Å². The lowest BCUT2D eigenvalue weighted by molar-refractivity contribution is 0.414. The molecule has 186 valence electrons. The van der Waals surface area contributed by atoms with Crippen molar-refractivity contribution in [2.45, 2.75) is 0 Å². The van der Waals surface area contributed by atoms with Gasteiger partial charge in [-0.05, 0) is 96.6 Å². The standard InChI is InChI=1S/C31H22ClN3O3/c1-36-24-12-5-19(6-13-24)29-18-26(30(34-33-29)20-7-14-25(37-2)15-8-20)22-9-16-28-27(17-22)31(38-35-28)21-3-10-23(32)11-4-21/h3-18H,1-2H3. The van der Waals surface area contributed by atoms with Crippen LogP contribution in [0.15, 0.2) is 102 Å². The number of fused-ring (bicyclic) bond motifs is 1. The lowest BCUT2D eigenvalue weighted by Crippen LogP contribution is -1.96. The minimum Gasteiger partial charge on any atom is -0.497 e. The van der Waals surface area contributed by atoms with Crippen LogP contribution >= 0.6 is 11.6 Å². The van der Waals surface area contributed by atoms with Crippen molar-refractivity contribution in [3.63, 3.8) is 0 Å². The molecule has 0 fully saturated rings. The zero-order valence-corrected chi connectivity index (χ0v) is 21.4. The predicted octanol–water partition coefficient (Wildman–Crippen LogP) is 7.96. The highest BCUT2D eigenvalue weighted by Crippen LogP contribution is 2.37. The van der Waals surface area contributed by atoms with Gasteiger partial charge >= 0.3 is 0 Å². The molecular formula is C31H22ClN3O3. The number of benzene rings is 4. The van der Waals surface area contributed by atoms with Gasteiger partial charge in [0.25, 0.3) is 0 Å². The van der Waals surface area contributed by atoms with E-state index in [-0.39, 0.29) is 0 Å². The van der Waals surface area contributed by atoms with Gasteiger partial charge in [-0.1, -0.05) is 22.8 Å². The van der Waals surface area contributed by atoms with Gasteiger partial charge in [-0.15, -0.1) is 10.2 Å². The molecule has 0 saturated heterocycles. The van der Waals surface area contributed by atoms with Crippen molar-refractivity contribution in [1.82, 2.24) is 15.4 Å². The van der Waals surface area contributed by atoms with Crippen molar-refractivity contribution < 1.29 is 14.0 Å². The van der Waals surface area contributed by atoms with Crippen LogP contribution in [0.5, 0.6) is 11.5 Å². The summed E-state index contributed by atoms with van der Waals surface area (Å²) in [7, 11) is 3.30. The van der Waals surface area contributed by atoms with E-state index in [0.717, 1.165) is 61.6 Å². The van der Waals surface area contributed by atoms with Crippen molar-refractivity contribution in [2.24, 2.45) is 0 Å². The summed E-state index contributed by atoms with van der Waals surface area (Å²) in [6.07, 6.45) is 0. The molecule has 6 aromatic rings. The highest BCUT2D eigenvalue weighted by atomic mass is 35.5. The van der Waals surface area contributed by atoms with Crippen LogP contribution in [0.3, 0.4) is 0 Å². The molecule has 0 saturated carbocycles. The van der Waals surface area contributed by atoms with Crippen LogP contribution < -0.4 is 9.47 Å². The number of halogens is 1. The van der Waals surface area contributed by atoms with E-state index in [0.29, 0.717) is 10.8 Å². The Morgan fingerprint density at radius 2 is 1.24 bits per heavy atom. The number of hydrogen-bond donors (Lipinski definition) is 0. The highest BCUT2D eigenvalue weighted by Gasteiger charge is 2.17. The largest absolute Gasteiger partial charge is 0.497 e. The molecule has 0 aliphatic heterocycles. The second-order valence-electron chi connectivity index (χ2n) is 8.70. The number of rotatable bonds is 6. The molecule has 0 N–H and O–H groups in total. The summed E-state index contributed by atoms with van der Waals surface area (Å²) >= 11 is 6.10. The van der Waals surface area contributed by atoms with Gasteiger partial charge in [-0.25, -0.2) is 0 Å². The van der Waals surface area contributed by atoms with Crippen LogP contribution in [0.1, 0.15) is 0 Å². The third kappa shape index (κ3) is 4.46. The summed E-state index contributed by atoms with van der Waals surface area (Å²) in [5.41, 5.74) is 6.94. The minimum atomic E-state index is 0.663. The highest BCUT2D eigenvalue weighted by molar-refractivity contribution is 6.30. The van der Waals surface area contributed by atoms with Crippen molar-refractivity contribution in [2.75, 3.05) is 14.2 Å². The third-order valence-corrected chi connectivity index (χ3v) is 6.69. The zero-order chi connectivity index (χ0) is 26.1. The monoisotopic (exact) mass is 519 g/mol. The Kier molecular flexibility index (Phi) is 6.23. The van der Waals surface area contributed by atoms with E-state index in [2.05, 4.69) is 27.5 Å². The smallest absolute Gasteiger partial charge is 0.174 e. The van der Waals surface area contributed by atoms with E-state index < -0.39 is 0 Å². The average molecular weight is 520 g/mol. The van der Waals surface area contributed by atoms with Crippen molar-refractivity contribution in [3.8, 4) is 56.5 Å². The molecule has 0 spiro atoms. The second kappa shape index (κ2) is 10.00. The minimum absolute atomic E-state index is 0.663. The maximum Gasteiger partial charge on any atom is 0.174 e. The van der Waals surface area contributed by atoms with Gasteiger partial charge in [-0.3, -0.25) is 0 Å². The summed E-state index contributed by atoms with van der Waals surface area (Å²) in [6, 6.07) is 31.2. The molecule has 0 aliphatic rings. The molecule has 6 rings (SSSR count). The first-order valence-electron chi connectivity index (χ1n) is 12.0. The van der Waals surface area contributed by atoms with Crippen LogP contribution in [-0.2, 0) is 0 Å². The van der Waals surface area contributed by atoms with E-state index >= 15 is 0 Å². The van der Waals surface area contributed by atoms with Crippen LogP contribution in [-0.4, -0.2) is 29.6 Å². The van der Waals surface area contributed by atoms with E-state index in [4.69, 9.17) is 25.6 Å². The Bertz CT molecular complexity index is 1730. The topological polar surface area (TPSA) is 70.3 Å². The summed E-state index contributed by atoms with van der Waals surface area (Å²) < 4.78 is 16.4. The number of nitrogens with zero attached hydrogens (tertiary/aromatic N) is 3. The Labute approximate surface area is 224 Å². The predicted molar refractivity (Wildman–Crippen MR) is 149 cm³/mol. The molecule has 0 atom stereocenters. The van der Waals surface area contributed by atoms with Crippen LogP contribution in [0.4, 0.5) is 0 Å². The van der Waals surface area contributed by atoms with E-state index in [1.807, 2.05) is 84.9 Å². The number of ether oxygens (including phenoxy) is 2. The first-order chi connectivity index (χ1) is 18.6. The normalized spacial score (nSPS) is 11.0. The van der Waals surface area contributed by atoms with Gasteiger partial charge in [0.05, 0.1) is 25.3 Å². The molecule has 2 heterocycles. The fourth-order valence-corrected chi connectivity index (χ4v) is 4.52. The van der Waals surface area contributed by atoms with Crippen molar-refractivity contribution >= 4 is 22.5 Å². The first-order valence-corrected chi connectivity index (χ1v) is 12.3. The van der Waals surface area contributed by atoms with Crippen LogP contribution in [0.2, 0.25) is 5.02 Å². The summed E-state index contributed by atoms with van der Waals surface area (Å²) in [5, 5.41) is 15.1. The number of aromatic nitrogens is 3. The van der Waals surface area contributed by atoms with Gasteiger partial charge in [0.1, 0.15) is 22.7 Å². The van der Waals surface area contributed by atoms with E-state index in [1.165, 1.54) is 0 Å². The quantitative estimate of drug-likeness (QED) is 0.222. The Morgan fingerprint density at radius 3 is 1.89 bits per heavy atom. The van der Waals surface area contributed by atoms with Crippen LogP contribution in [0.25, 0.3) is 55.9 Å². The molecule has 6 nitrogen and oxygen atoms in total. The second-order valence-corrected chi connectivity index (χ2v) is 9.14. The van der Waals surface area contributed by atoms with Crippen molar-refractivity contribution in [3.05, 3.63) is 102 Å². The maximum atomic E-state index is 6.10. The maximum absolute atomic E-state index is 6.10. The van der Waals surface area contributed by atoms with Gasteiger partial charge in [0.2, 0.25) is 0 Å². The number of methoxy groups -OCH3 is 2. The molecule has 0 unspecified atom stereocenters. The average Bonchev–Trinajstić information content (AvgIpc) is 3.41. The summed E-state index contributed by atoms with van der Waals surface area (Å²) in [4.78, 5) is 0. The molecule has 0 aliphatic carbocycles. The zero-order valence-electron chi connectivity index (χ0n) is 20.7. The van der Waals surface area contributed by atoms with E-state index in [1.54, 1.807) is 14.2 Å². The SMILES string of the molecule is COc1ccc(-c2cc(-c3ccc4noc(-c5ccc(Cl)cc5)c4c3)c(-c3ccc(OC)cc3)nn2)cc1. The van der Waals surface area contributed by atoms with Crippen LogP contribution in [0, 0.1) is 0 Å². The Morgan fingerprint density at radius 1 is 0.632 bits per heavy atom. The number of hydrogen-bond acceptors (Lipinski definition) is 6. The molecule has 0 bridgehead atoms. The molecule has 4 aromatic carbocycles. The lowest BCUT2D eigenvalue weighted by Gasteiger charge is -2.12. The third-order valence-electron chi connectivity index (χ3n) is 6.44. The van der Waals surface area contributed by atoms with Gasteiger partial charge in [0.15, 0.2) is 5.76 Å². The van der Waals surface area contributed by atoms with Gasteiger partial charge in [0, 0.05) is 27.3 Å². The molecule has 2 aromatic heterocycles. The Hall–Kier alpha value is -4.68. The molecule has 0 radical (unpaired) electrons. The van der Waals surface area contributed by atoms with Crippen molar-refractivity contribution in [1.29, 1.82) is 0 Å². The summed E-state index contributed by atoms with van der Waals surface area (Å²) in [5.74, 6) is 2.24. The molecule has 0 amide bonds. The first kappa shape index (κ1) is 23.7. The fourth-order valence-electron chi connectivity index (χ4n) is 4.40. The molecule has 38 heavy (non-hydrogen) atoms. The fraction of sp³-hybridized carbons (Fsp3) is 0.0645. The Balaban J connectivity index is 1.52. The summed E-state index contributed by atoms with van der Waals surface area (Å²) in [6.45, 7) is 0.